The third-order valence-corrected chi connectivity index (χ3v) is 3.74. The van der Waals surface area contributed by atoms with Gasteiger partial charge in [0.25, 0.3) is 5.91 Å². The number of nitrogens with zero attached hydrogens (tertiary/aromatic N) is 1. The van der Waals surface area contributed by atoms with Gasteiger partial charge in [0.05, 0.1) is 26.8 Å². The molecule has 0 heterocycles. The summed E-state index contributed by atoms with van der Waals surface area (Å²) in [6.07, 6.45) is 1.47. The summed E-state index contributed by atoms with van der Waals surface area (Å²) in [6.45, 7) is 1.90. The smallest absolute Gasteiger partial charge is 0.267 e. The van der Waals surface area contributed by atoms with Crippen LogP contribution in [-0.2, 0) is 0 Å². The average Bonchev–Trinajstić information content (AvgIpc) is 2.42. The maximum absolute atomic E-state index is 11.9. The number of carbonyl (C=O) groups excluding carboxylic acids is 1. The first kappa shape index (κ1) is 15.8. The number of nitrogens with one attached hydrogen (secondary N) is 1. The Hall–Kier alpha value is -1.55. The number of hydrogen-bond acceptors (Lipinski definition) is 2. The van der Waals surface area contributed by atoms with Crippen molar-refractivity contribution in [1.29, 1.82) is 0 Å². The summed E-state index contributed by atoms with van der Waals surface area (Å²) >= 11 is 17.7. The van der Waals surface area contributed by atoms with Crippen LogP contribution >= 0.6 is 34.8 Å². The molecule has 6 heteroatoms. The summed E-state index contributed by atoms with van der Waals surface area (Å²) in [6, 6.07) is 10.2. The molecule has 0 aliphatic rings. The minimum atomic E-state index is -0.378. The first-order valence-corrected chi connectivity index (χ1v) is 7.15. The SMILES string of the molecule is Cc1ccc(C(=O)N/N=C/c2ccc(Cl)c(Cl)c2)c(Cl)c1. The highest BCUT2D eigenvalue weighted by Gasteiger charge is 2.09. The van der Waals surface area contributed by atoms with Crippen LogP contribution in [0.2, 0.25) is 15.1 Å². The number of hydrazone groups is 1. The Morgan fingerprint density at radius 3 is 2.48 bits per heavy atom. The van der Waals surface area contributed by atoms with Crippen molar-refractivity contribution in [3.05, 3.63) is 68.2 Å². The van der Waals surface area contributed by atoms with Gasteiger partial charge in [-0.05, 0) is 42.3 Å². The fourth-order valence-electron chi connectivity index (χ4n) is 1.62. The molecule has 0 aliphatic heterocycles. The number of aryl methyl sites for hydroxylation is 1. The third-order valence-electron chi connectivity index (χ3n) is 2.69. The molecule has 3 nitrogen and oxygen atoms in total. The van der Waals surface area contributed by atoms with Gasteiger partial charge in [-0.2, -0.15) is 5.10 Å². The lowest BCUT2D eigenvalue weighted by Crippen LogP contribution is -2.18. The number of rotatable bonds is 3. The van der Waals surface area contributed by atoms with Crippen LogP contribution in [0.5, 0.6) is 0 Å². The van der Waals surface area contributed by atoms with Gasteiger partial charge in [-0.1, -0.05) is 46.9 Å². The second-order valence-corrected chi connectivity index (χ2v) is 5.58. The summed E-state index contributed by atoms with van der Waals surface area (Å²) in [7, 11) is 0. The molecule has 0 radical (unpaired) electrons. The standard InChI is InChI=1S/C15H11Cl3N2O/c1-9-2-4-11(13(17)6-9)15(21)20-19-8-10-3-5-12(16)14(18)7-10/h2-8H,1H3,(H,20,21)/b19-8+. The van der Waals surface area contributed by atoms with Gasteiger partial charge in [-0.15, -0.1) is 0 Å². The number of carbonyl (C=O) groups is 1. The lowest BCUT2D eigenvalue weighted by molar-refractivity contribution is 0.0955. The van der Waals surface area contributed by atoms with Gasteiger partial charge in [0, 0.05) is 0 Å². The average molecular weight is 342 g/mol. The predicted octanol–water partition coefficient (Wildman–Crippen LogP) is 4.72. The summed E-state index contributed by atoms with van der Waals surface area (Å²) in [5.74, 6) is -0.378. The van der Waals surface area contributed by atoms with Crippen LogP contribution in [0.15, 0.2) is 41.5 Å². The van der Waals surface area contributed by atoms with Crippen molar-refractivity contribution in [2.75, 3.05) is 0 Å². The molecule has 0 bridgehead atoms. The van der Waals surface area contributed by atoms with E-state index in [0.29, 0.717) is 20.6 Å². The van der Waals surface area contributed by atoms with E-state index in [9.17, 15) is 4.79 Å². The van der Waals surface area contributed by atoms with Crippen molar-refractivity contribution < 1.29 is 4.79 Å². The third kappa shape index (κ3) is 4.21. The van der Waals surface area contributed by atoms with Gasteiger partial charge in [-0.25, -0.2) is 5.43 Å². The van der Waals surface area contributed by atoms with Crippen molar-refractivity contribution in [1.82, 2.24) is 5.43 Å². The lowest BCUT2D eigenvalue weighted by Gasteiger charge is -2.03. The van der Waals surface area contributed by atoms with E-state index in [-0.39, 0.29) is 5.91 Å². The molecule has 0 unspecified atom stereocenters. The molecular weight excluding hydrogens is 331 g/mol. The molecule has 0 fully saturated rings. The Labute approximate surface area is 137 Å². The zero-order valence-corrected chi connectivity index (χ0v) is 13.3. The van der Waals surface area contributed by atoms with Crippen molar-refractivity contribution in [3.8, 4) is 0 Å². The monoisotopic (exact) mass is 340 g/mol. The molecule has 2 rings (SSSR count). The van der Waals surface area contributed by atoms with Crippen molar-refractivity contribution in [2.24, 2.45) is 5.10 Å². The van der Waals surface area contributed by atoms with Crippen LogP contribution in [0, 0.1) is 6.92 Å². The molecule has 0 aromatic heterocycles. The molecule has 0 saturated heterocycles. The first-order valence-electron chi connectivity index (χ1n) is 6.02. The van der Waals surface area contributed by atoms with Crippen LogP contribution in [0.4, 0.5) is 0 Å². The van der Waals surface area contributed by atoms with E-state index < -0.39 is 0 Å². The van der Waals surface area contributed by atoms with Crippen LogP contribution < -0.4 is 5.43 Å². The van der Waals surface area contributed by atoms with Crippen LogP contribution in [-0.4, -0.2) is 12.1 Å². The zero-order valence-electron chi connectivity index (χ0n) is 11.0. The Balaban J connectivity index is 2.06. The molecule has 1 amide bonds. The van der Waals surface area contributed by atoms with E-state index in [1.54, 1.807) is 30.3 Å². The van der Waals surface area contributed by atoms with Gasteiger partial charge >= 0.3 is 0 Å². The van der Waals surface area contributed by atoms with Crippen molar-refractivity contribution in [3.63, 3.8) is 0 Å². The summed E-state index contributed by atoms with van der Waals surface area (Å²) < 4.78 is 0. The minimum Gasteiger partial charge on any atom is -0.267 e. The van der Waals surface area contributed by atoms with Crippen LogP contribution in [0.3, 0.4) is 0 Å². The maximum Gasteiger partial charge on any atom is 0.272 e. The molecule has 2 aromatic rings. The summed E-state index contributed by atoms with van der Waals surface area (Å²) in [5, 5.41) is 5.14. The van der Waals surface area contributed by atoms with E-state index in [0.717, 1.165) is 11.1 Å². The van der Waals surface area contributed by atoms with Crippen molar-refractivity contribution >= 4 is 46.9 Å². The number of benzene rings is 2. The van der Waals surface area contributed by atoms with E-state index in [4.69, 9.17) is 34.8 Å². The van der Waals surface area contributed by atoms with E-state index >= 15 is 0 Å². The number of amides is 1. The van der Waals surface area contributed by atoms with Gasteiger partial charge in [0.1, 0.15) is 0 Å². The minimum absolute atomic E-state index is 0.369. The first-order chi connectivity index (χ1) is 9.97. The highest BCUT2D eigenvalue weighted by molar-refractivity contribution is 6.42. The molecular formula is C15H11Cl3N2O. The largest absolute Gasteiger partial charge is 0.272 e. The van der Waals surface area contributed by atoms with E-state index in [1.807, 2.05) is 13.0 Å². The molecule has 2 aromatic carbocycles. The Kier molecular flexibility index (Phi) is 5.23. The molecule has 21 heavy (non-hydrogen) atoms. The van der Waals surface area contributed by atoms with Gasteiger partial charge in [0.15, 0.2) is 0 Å². The highest BCUT2D eigenvalue weighted by atomic mass is 35.5. The Bertz CT molecular complexity index is 714. The Morgan fingerprint density at radius 1 is 1.05 bits per heavy atom. The summed E-state index contributed by atoms with van der Waals surface area (Å²) in [5.41, 5.74) is 4.49. The van der Waals surface area contributed by atoms with Crippen LogP contribution in [0.1, 0.15) is 21.5 Å². The van der Waals surface area contributed by atoms with Gasteiger partial charge in [0.2, 0.25) is 0 Å². The zero-order chi connectivity index (χ0) is 15.4. The maximum atomic E-state index is 11.9. The molecule has 0 aliphatic carbocycles. The molecule has 0 spiro atoms. The van der Waals surface area contributed by atoms with Gasteiger partial charge < -0.3 is 0 Å². The fourth-order valence-corrected chi connectivity index (χ4v) is 2.25. The fraction of sp³-hybridized carbons (Fsp3) is 0.0667. The highest BCUT2D eigenvalue weighted by Crippen LogP contribution is 2.21. The van der Waals surface area contributed by atoms with Gasteiger partial charge in [-0.3, -0.25) is 4.79 Å². The summed E-state index contributed by atoms with van der Waals surface area (Å²) in [4.78, 5) is 11.9. The second kappa shape index (κ2) is 6.94. The normalized spacial score (nSPS) is 10.9. The van der Waals surface area contributed by atoms with E-state index in [2.05, 4.69) is 10.5 Å². The molecule has 1 N–H and O–H groups in total. The lowest BCUT2D eigenvalue weighted by atomic mass is 10.1. The van der Waals surface area contributed by atoms with Crippen LogP contribution in [0.25, 0.3) is 0 Å². The van der Waals surface area contributed by atoms with E-state index in [1.165, 1.54) is 6.21 Å². The molecule has 0 atom stereocenters. The molecule has 108 valence electrons. The second-order valence-electron chi connectivity index (χ2n) is 4.36. The molecule has 0 saturated carbocycles. The Morgan fingerprint density at radius 2 is 1.81 bits per heavy atom. The topological polar surface area (TPSA) is 41.5 Å². The number of hydrogen-bond donors (Lipinski definition) is 1. The van der Waals surface area contributed by atoms with Crippen molar-refractivity contribution in [2.45, 2.75) is 6.92 Å². The predicted molar refractivity (Wildman–Crippen MR) is 87.7 cm³/mol. The number of halogens is 3. The quantitative estimate of drug-likeness (QED) is 0.637.